The van der Waals surface area contributed by atoms with Gasteiger partial charge in [-0.3, -0.25) is 9.59 Å². The van der Waals surface area contributed by atoms with Crippen LogP contribution in [0.25, 0.3) is 0 Å². The molecule has 3 unspecified atom stereocenters. The third kappa shape index (κ3) is 46.2. The summed E-state index contributed by atoms with van der Waals surface area (Å²) in [6.45, 7) is 6.36. The number of esters is 1. The van der Waals surface area contributed by atoms with Gasteiger partial charge in [-0.15, -0.1) is 0 Å². The Morgan fingerprint density at radius 1 is 0.476 bits per heavy atom. The zero-order valence-electron chi connectivity index (χ0n) is 42.0. The molecule has 1 amide bonds. The lowest BCUT2D eigenvalue weighted by molar-refractivity contribution is -0.151. The fraction of sp³-hybridized carbons (Fsp3) is 0.825. The first-order chi connectivity index (χ1) is 31.0. The van der Waals surface area contributed by atoms with Gasteiger partial charge in [0, 0.05) is 6.42 Å². The van der Waals surface area contributed by atoms with Crippen molar-refractivity contribution in [3.05, 3.63) is 48.6 Å². The Morgan fingerprint density at radius 2 is 0.857 bits per heavy atom. The van der Waals surface area contributed by atoms with E-state index in [9.17, 15) is 19.8 Å². The average Bonchev–Trinajstić information content (AvgIpc) is 3.28. The van der Waals surface area contributed by atoms with Gasteiger partial charge in [0.2, 0.25) is 5.91 Å². The van der Waals surface area contributed by atoms with E-state index < -0.39 is 18.2 Å². The van der Waals surface area contributed by atoms with Crippen molar-refractivity contribution in [1.29, 1.82) is 0 Å². The molecule has 0 radical (unpaired) electrons. The Kier molecular flexibility index (Phi) is 49.1. The zero-order chi connectivity index (χ0) is 45.9. The normalized spacial score (nSPS) is 13.5. The van der Waals surface area contributed by atoms with Crippen molar-refractivity contribution in [3.63, 3.8) is 0 Å². The van der Waals surface area contributed by atoms with Gasteiger partial charge in [0.25, 0.3) is 0 Å². The Morgan fingerprint density at radius 3 is 1.30 bits per heavy atom. The van der Waals surface area contributed by atoms with Gasteiger partial charge in [-0.2, -0.15) is 0 Å². The highest BCUT2D eigenvalue weighted by molar-refractivity contribution is 5.77. The molecule has 3 N–H and O–H groups in total. The number of allylic oxidation sites excluding steroid dienone is 8. The third-order valence-corrected chi connectivity index (χ3v) is 12.5. The maximum Gasteiger partial charge on any atom is 0.306 e. The van der Waals surface area contributed by atoms with Crippen LogP contribution in [0.15, 0.2) is 48.6 Å². The number of unbranched alkanes of at least 4 members (excludes halogenated alkanes) is 32. The number of hydrogen-bond donors (Lipinski definition) is 3. The smallest absolute Gasteiger partial charge is 0.306 e. The summed E-state index contributed by atoms with van der Waals surface area (Å²) in [6.07, 6.45) is 61.8. The first-order valence-corrected chi connectivity index (χ1v) is 27.4. The summed E-state index contributed by atoms with van der Waals surface area (Å²) in [5, 5.41) is 23.8. The van der Waals surface area contributed by atoms with Crippen LogP contribution in [0.3, 0.4) is 0 Å². The summed E-state index contributed by atoms with van der Waals surface area (Å²) in [6, 6.07) is -0.713. The van der Waals surface area contributed by atoms with Gasteiger partial charge in [-0.1, -0.05) is 268 Å². The number of amides is 1. The molecule has 6 nitrogen and oxygen atoms in total. The van der Waals surface area contributed by atoms with Gasteiger partial charge in [0.05, 0.1) is 25.2 Å². The van der Waals surface area contributed by atoms with E-state index in [4.69, 9.17) is 4.74 Å². The highest BCUT2D eigenvalue weighted by Gasteiger charge is 2.24. The van der Waals surface area contributed by atoms with Crippen LogP contribution in [0.5, 0.6) is 0 Å². The fourth-order valence-electron chi connectivity index (χ4n) is 8.38. The largest absolute Gasteiger partial charge is 0.462 e. The van der Waals surface area contributed by atoms with Crippen LogP contribution in [0.1, 0.15) is 278 Å². The molecule has 0 heterocycles. The van der Waals surface area contributed by atoms with Crippen LogP contribution in [0, 0.1) is 0 Å². The number of aliphatic hydroxyl groups is 2. The van der Waals surface area contributed by atoms with Gasteiger partial charge < -0.3 is 20.3 Å². The van der Waals surface area contributed by atoms with Gasteiger partial charge in [0.1, 0.15) is 6.10 Å². The molecule has 6 heteroatoms. The van der Waals surface area contributed by atoms with Crippen molar-refractivity contribution in [2.45, 2.75) is 296 Å². The fourth-order valence-corrected chi connectivity index (χ4v) is 8.38. The van der Waals surface area contributed by atoms with Crippen LogP contribution in [-0.2, 0) is 14.3 Å². The average molecular weight is 884 g/mol. The monoisotopic (exact) mass is 884 g/mol. The molecule has 0 saturated heterocycles. The number of ether oxygens (including phenoxy) is 1. The molecule has 0 aromatic heterocycles. The van der Waals surface area contributed by atoms with Gasteiger partial charge in [-0.05, 0) is 44.9 Å². The standard InChI is InChI=1S/C57H105NO5/c1-4-7-10-13-16-19-22-25-27-28-29-31-34-37-40-43-46-49-55(60)54(52-59)58-56(61)51-53(48-45-42-39-36-33-30-24-21-18-15-12-9-6-3)63-57(62)50-47-44-41-38-35-32-26-23-20-17-14-11-8-5-2/h9,12,15,18,21,24,30,33,53-55,59-60H,4-8,10-11,13-14,16-17,19-20,22-23,25-29,31-32,34-52H2,1-3H3,(H,58,61)/b12-9+,18-15+,24-21+,33-30-. The van der Waals surface area contributed by atoms with Crippen LogP contribution in [0.2, 0.25) is 0 Å². The minimum atomic E-state index is -0.798. The molecule has 63 heavy (non-hydrogen) atoms. The molecule has 0 rings (SSSR count). The molecule has 0 spiro atoms. The van der Waals surface area contributed by atoms with E-state index in [1.807, 2.05) is 24.3 Å². The quantitative estimate of drug-likeness (QED) is 0.0321. The summed E-state index contributed by atoms with van der Waals surface area (Å²) in [7, 11) is 0. The molecule has 3 atom stereocenters. The molecule has 0 bridgehead atoms. The summed E-state index contributed by atoms with van der Waals surface area (Å²) >= 11 is 0. The number of rotatable bonds is 49. The van der Waals surface area contributed by atoms with Crippen LogP contribution in [-0.4, -0.2) is 46.9 Å². The molecule has 0 aliphatic carbocycles. The molecular formula is C57H105NO5. The van der Waals surface area contributed by atoms with Crippen molar-refractivity contribution in [2.24, 2.45) is 0 Å². The second kappa shape index (κ2) is 50.8. The number of carbonyl (C=O) groups excluding carboxylic acids is 2. The van der Waals surface area contributed by atoms with Crippen LogP contribution in [0.4, 0.5) is 0 Å². The number of hydrogen-bond acceptors (Lipinski definition) is 5. The summed E-state index contributed by atoms with van der Waals surface area (Å²) in [4.78, 5) is 26.2. The topological polar surface area (TPSA) is 95.9 Å². The maximum absolute atomic E-state index is 13.2. The first-order valence-electron chi connectivity index (χ1n) is 27.4. The molecule has 368 valence electrons. The van der Waals surface area contributed by atoms with Crippen molar-refractivity contribution < 1.29 is 24.5 Å². The highest BCUT2D eigenvalue weighted by Crippen LogP contribution is 2.18. The van der Waals surface area contributed by atoms with Gasteiger partial charge in [-0.25, -0.2) is 0 Å². The predicted octanol–water partition coefficient (Wildman–Crippen LogP) is 16.6. The number of nitrogens with one attached hydrogen (secondary N) is 1. The second-order valence-electron chi connectivity index (χ2n) is 18.7. The third-order valence-electron chi connectivity index (χ3n) is 12.5. The number of carbonyl (C=O) groups is 2. The molecule has 0 aromatic rings. The van der Waals surface area contributed by atoms with E-state index in [-0.39, 0.29) is 24.9 Å². The lowest BCUT2D eigenvalue weighted by Crippen LogP contribution is -2.46. The molecule has 0 aromatic carbocycles. The lowest BCUT2D eigenvalue weighted by atomic mass is 10.0. The summed E-state index contributed by atoms with van der Waals surface area (Å²) in [5.41, 5.74) is 0. The Bertz CT molecular complexity index is 1080. The van der Waals surface area contributed by atoms with E-state index >= 15 is 0 Å². The Hall–Kier alpha value is -2.18. The molecular weight excluding hydrogens is 779 g/mol. The van der Waals surface area contributed by atoms with E-state index in [0.29, 0.717) is 19.3 Å². The van der Waals surface area contributed by atoms with Crippen molar-refractivity contribution in [1.82, 2.24) is 5.32 Å². The Labute approximate surface area is 391 Å². The number of aliphatic hydroxyl groups excluding tert-OH is 2. The molecule has 0 fully saturated rings. The van der Waals surface area contributed by atoms with E-state index in [2.05, 4.69) is 50.4 Å². The van der Waals surface area contributed by atoms with Crippen molar-refractivity contribution in [2.75, 3.05) is 6.61 Å². The van der Waals surface area contributed by atoms with Crippen molar-refractivity contribution in [3.8, 4) is 0 Å². The van der Waals surface area contributed by atoms with Gasteiger partial charge >= 0.3 is 5.97 Å². The minimum Gasteiger partial charge on any atom is -0.462 e. The SMILES string of the molecule is CC/C=C/C=C/C=C/C=C\CCCCCC(CC(=O)NC(CO)C(O)CCCCCCCCCCCCCCCCCCC)OC(=O)CCCCCCCCCCCCCCCC. The first kappa shape index (κ1) is 60.8. The molecule has 0 aliphatic rings. The maximum atomic E-state index is 13.2. The van der Waals surface area contributed by atoms with Crippen LogP contribution >= 0.6 is 0 Å². The highest BCUT2D eigenvalue weighted by atomic mass is 16.5. The minimum absolute atomic E-state index is 0.0541. The van der Waals surface area contributed by atoms with Gasteiger partial charge in [0.15, 0.2) is 0 Å². The lowest BCUT2D eigenvalue weighted by Gasteiger charge is -2.24. The second-order valence-corrected chi connectivity index (χ2v) is 18.7. The molecule has 0 saturated carbocycles. The summed E-state index contributed by atoms with van der Waals surface area (Å²) < 4.78 is 5.92. The summed E-state index contributed by atoms with van der Waals surface area (Å²) in [5.74, 6) is -0.503. The van der Waals surface area contributed by atoms with E-state index in [1.165, 1.54) is 161 Å². The zero-order valence-corrected chi connectivity index (χ0v) is 42.0. The van der Waals surface area contributed by atoms with E-state index in [1.54, 1.807) is 0 Å². The van der Waals surface area contributed by atoms with Crippen LogP contribution < -0.4 is 5.32 Å². The predicted molar refractivity (Wildman–Crippen MR) is 273 cm³/mol. The molecule has 0 aliphatic heterocycles. The Balaban J connectivity index is 4.54. The van der Waals surface area contributed by atoms with E-state index in [0.717, 1.165) is 70.6 Å². The van der Waals surface area contributed by atoms with Crippen molar-refractivity contribution >= 4 is 11.9 Å².